The van der Waals surface area contributed by atoms with Crippen molar-refractivity contribution in [1.82, 2.24) is 5.32 Å². The number of carbonyl (C=O) groups is 1. The van der Waals surface area contributed by atoms with Crippen LogP contribution in [0.25, 0.3) is 0 Å². The number of nitrogens with one attached hydrogen (secondary N) is 2. The van der Waals surface area contributed by atoms with Crippen molar-refractivity contribution in [1.29, 1.82) is 5.26 Å². The highest BCUT2D eigenvalue weighted by molar-refractivity contribution is 5.97. The van der Waals surface area contributed by atoms with Crippen molar-refractivity contribution in [2.75, 3.05) is 25.6 Å². The number of nitro groups is 1. The molecule has 2 N–H and O–H groups in total. The van der Waals surface area contributed by atoms with E-state index in [-0.39, 0.29) is 23.1 Å². The summed E-state index contributed by atoms with van der Waals surface area (Å²) in [5, 5.41) is 25.3. The summed E-state index contributed by atoms with van der Waals surface area (Å²) in [5.74, 6) is -0.297. The minimum absolute atomic E-state index is 0.0216. The van der Waals surface area contributed by atoms with Crippen LogP contribution in [0.15, 0.2) is 30.0 Å². The van der Waals surface area contributed by atoms with Crippen LogP contribution in [-0.4, -0.2) is 37.2 Å². The van der Waals surface area contributed by atoms with Gasteiger partial charge in [0.2, 0.25) is 0 Å². The highest BCUT2D eigenvalue weighted by Crippen LogP contribution is 2.29. The van der Waals surface area contributed by atoms with Crippen LogP contribution >= 0.6 is 0 Å². The van der Waals surface area contributed by atoms with Crippen LogP contribution in [0.3, 0.4) is 0 Å². The fourth-order valence-electron chi connectivity index (χ4n) is 2.32. The second-order valence-electron chi connectivity index (χ2n) is 5.30. The zero-order valence-electron chi connectivity index (χ0n) is 13.7. The van der Waals surface area contributed by atoms with Gasteiger partial charge in [0.05, 0.1) is 29.9 Å². The number of carbonyl (C=O) groups excluding carboxylic acids is 1. The van der Waals surface area contributed by atoms with E-state index in [4.69, 9.17) is 14.7 Å². The van der Waals surface area contributed by atoms with Gasteiger partial charge in [0.25, 0.3) is 11.6 Å². The largest absolute Gasteiger partial charge is 0.494 e. The molecule has 1 amide bonds. The highest BCUT2D eigenvalue weighted by Gasteiger charge is 2.18. The maximum atomic E-state index is 12.0. The molecule has 1 aliphatic heterocycles. The number of benzene rings is 1. The Bertz CT molecular complexity index is 720. The predicted molar refractivity (Wildman–Crippen MR) is 89.0 cm³/mol. The molecule has 0 aliphatic carbocycles. The first-order valence-electron chi connectivity index (χ1n) is 7.64. The summed E-state index contributed by atoms with van der Waals surface area (Å²) < 4.78 is 10.5. The van der Waals surface area contributed by atoms with Gasteiger partial charge in [-0.1, -0.05) is 0 Å². The molecular formula is C16H18N4O5. The fraction of sp³-hybridized carbons (Fsp3) is 0.375. The zero-order valence-corrected chi connectivity index (χ0v) is 13.7. The number of anilines is 1. The summed E-state index contributed by atoms with van der Waals surface area (Å²) in [6, 6.07) is 5.79. The maximum Gasteiger partial charge on any atom is 0.273 e. The van der Waals surface area contributed by atoms with Crippen LogP contribution in [0, 0.1) is 21.4 Å². The predicted octanol–water partition coefficient (Wildman–Crippen LogP) is 1.72. The fourth-order valence-corrected chi connectivity index (χ4v) is 2.32. The Hall–Kier alpha value is -3.12. The first-order valence-corrected chi connectivity index (χ1v) is 7.64. The molecular weight excluding hydrogens is 328 g/mol. The lowest BCUT2D eigenvalue weighted by Gasteiger charge is -2.11. The van der Waals surface area contributed by atoms with Gasteiger partial charge in [0, 0.05) is 25.4 Å². The van der Waals surface area contributed by atoms with Gasteiger partial charge in [-0.2, -0.15) is 5.26 Å². The summed E-state index contributed by atoms with van der Waals surface area (Å²) in [6.07, 6.45) is 3.05. The van der Waals surface area contributed by atoms with E-state index in [2.05, 4.69) is 10.6 Å². The van der Waals surface area contributed by atoms with Crippen molar-refractivity contribution in [3.05, 3.63) is 40.1 Å². The van der Waals surface area contributed by atoms with Crippen LogP contribution < -0.4 is 15.4 Å². The normalized spacial score (nSPS) is 16.8. The molecule has 2 rings (SSSR count). The molecule has 25 heavy (non-hydrogen) atoms. The van der Waals surface area contributed by atoms with Gasteiger partial charge in [-0.05, 0) is 18.9 Å². The summed E-state index contributed by atoms with van der Waals surface area (Å²) in [6.45, 7) is 1.03. The first kappa shape index (κ1) is 18.2. The number of hydrogen-bond donors (Lipinski definition) is 2. The maximum absolute atomic E-state index is 12.0. The average molecular weight is 346 g/mol. The van der Waals surface area contributed by atoms with E-state index in [1.54, 1.807) is 0 Å². The molecule has 9 heteroatoms. The molecule has 0 saturated carbocycles. The molecule has 1 unspecified atom stereocenters. The molecule has 1 fully saturated rings. The second-order valence-corrected chi connectivity index (χ2v) is 5.30. The van der Waals surface area contributed by atoms with Gasteiger partial charge in [-0.3, -0.25) is 14.9 Å². The van der Waals surface area contributed by atoms with Crippen LogP contribution in [-0.2, 0) is 9.53 Å². The number of nitriles is 1. The molecule has 0 radical (unpaired) electrons. The van der Waals surface area contributed by atoms with Crippen molar-refractivity contribution >= 4 is 17.3 Å². The van der Waals surface area contributed by atoms with Crippen molar-refractivity contribution in [2.24, 2.45) is 0 Å². The SMILES string of the molecule is COc1cc([N+](=O)[O-])ccc1N/C=C(/C#N)C(=O)NCC1CCCO1. The number of ether oxygens (including phenoxy) is 2. The molecule has 0 spiro atoms. The van der Waals surface area contributed by atoms with E-state index >= 15 is 0 Å². The van der Waals surface area contributed by atoms with Crippen LogP contribution in [0.2, 0.25) is 0 Å². The van der Waals surface area contributed by atoms with Gasteiger partial charge in [-0.25, -0.2) is 0 Å². The van der Waals surface area contributed by atoms with E-state index in [1.807, 2.05) is 6.07 Å². The summed E-state index contributed by atoms with van der Waals surface area (Å²) in [7, 11) is 1.37. The lowest BCUT2D eigenvalue weighted by Crippen LogP contribution is -2.32. The highest BCUT2D eigenvalue weighted by atomic mass is 16.6. The van der Waals surface area contributed by atoms with Gasteiger partial charge in [-0.15, -0.1) is 0 Å². The molecule has 1 aromatic carbocycles. The minimum Gasteiger partial charge on any atom is -0.494 e. The van der Waals surface area contributed by atoms with E-state index in [0.717, 1.165) is 12.8 Å². The number of non-ortho nitro benzene ring substituents is 1. The standard InChI is InChI=1S/C16H18N4O5/c1-24-15-7-12(20(22)23)4-5-14(15)18-9-11(8-17)16(21)19-10-13-3-2-6-25-13/h4-5,7,9,13,18H,2-3,6,10H2,1H3,(H,19,21)/b11-9-. The van der Waals surface area contributed by atoms with Crippen LogP contribution in [0.4, 0.5) is 11.4 Å². The Labute approximate surface area is 144 Å². The van der Waals surface area contributed by atoms with Gasteiger partial charge in [0.1, 0.15) is 17.4 Å². The Morgan fingerprint density at radius 3 is 3.00 bits per heavy atom. The quantitative estimate of drug-likeness (QED) is 0.333. The van der Waals surface area contributed by atoms with E-state index in [0.29, 0.717) is 18.8 Å². The third kappa shape index (κ3) is 4.92. The Morgan fingerprint density at radius 1 is 1.60 bits per heavy atom. The number of nitrogens with zero attached hydrogens (tertiary/aromatic N) is 2. The van der Waals surface area contributed by atoms with E-state index < -0.39 is 10.8 Å². The molecule has 1 heterocycles. The Morgan fingerprint density at radius 2 is 2.40 bits per heavy atom. The number of nitro benzene ring substituents is 1. The van der Waals surface area contributed by atoms with Crippen molar-refractivity contribution in [3.63, 3.8) is 0 Å². The smallest absolute Gasteiger partial charge is 0.273 e. The minimum atomic E-state index is -0.540. The van der Waals surface area contributed by atoms with Gasteiger partial charge < -0.3 is 20.1 Å². The molecule has 1 aliphatic rings. The number of hydrogen-bond acceptors (Lipinski definition) is 7. The molecule has 0 bridgehead atoms. The number of methoxy groups -OCH3 is 1. The lowest BCUT2D eigenvalue weighted by atomic mass is 10.2. The molecule has 0 aromatic heterocycles. The summed E-state index contributed by atoms with van der Waals surface area (Å²) in [4.78, 5) is 22.3. The summed E-state index contributed by atoms with van der Waals surface area (Å²) in [5.41, 5.74) is 0.146. The molecule has 132 valence electrons. The Balaban J connectivity index is 2.03. The Kier molecular flexibility index (Phi) is 6.31. The number of amides is 1. The van der Waals surface area contributed by atoms with Crippen molar-refractivity contribution in [2.45, 2.75) is 18.9 Å². The first-order chi connectivity index (χ1) is 12.0. The summed E-state index contributed by atoms with van der Waals surface area (Å²) >= 11 is 0. The van der Waals surface area contributed by atoms with Crippen LogP contribution in [0.1, 0.15) is 12.8 Å². The molecule has 1 aromatic rings. The average Bonchev–Trinajstić information content (AvgIpc) is 3.13. The lowest BCUT2D eigenvalue weighted by molar-refractivity contribution is -0.384. The van der Waals surface area contributed by atoms with E-state index in [1.165, 1.54) is 31.5 Å². The monoisotopic (exact) mass is 346 g/mol. The van der Waals surface area contributed by atoms with Crippen molar-refractivity contribution < 1.29 is 19.2 Å². The number of rotatable bonds is 7. The topological polar surface area (TPSA) is 127 Å². The van der Waals surface area contributed by atoms with Crippen molar-refractivity contribution in [3.8, 4) is 11.8 Å². The van der Waals surface area contributed by atoms with Gasteiger partial charge >= 0.3 is 0 Å². The van der Waals surface area contributed by atoms with Gasteiger partial charge in [0.15, 0.2) is 0 Å². The second kappa shape index (κ2) is 8.65. The molecule has 1 saturated heterocycles. The third-order valence-corrected chi connectivity index (χ3v) is 3.65. The zero-order chi connectivity index (χ0) is 18.2. The third-order valence-electron chi connectivity index (χ3n) is 3.65. The molecule has 9 nitrogen and oxygen atoms in total. The van der Waals surface area contributed by atoms with E-state index in [9.17, 15) is 14.9 Å². The van der Waals surface area contributed by atoms with Crippen LogP contribution in [0.5, 0.6) is 5.75 Å². The molecule has 1 atom stereocenters.